The molecule has 0 spiro atoms. The summed E-state index contributed by atoms with van der Waals surface area (Å²) in [6.45, 7) is 3.21. The highest BCUT2D eigenvalue weighted by atomic mass is 35.5. The minimum Gasteiger partial charge on any atom is -0.391 e. The molecule has 5 heteroatoms. The molecule has 2 atom stereocenters. The summed E-state index contributed by atoms with van der Waals surface area (Å²) in [7, 11) is 0. The Labute approximate surface area is 99.9 Å². The van der Waals surface area contributed by atoms with Gasteiger partial charge in [0.15, 0.2) is 11.6 Å². The maximum absolute atomic E-state index is 13.4. The van der Waals surface area contributed by atoms with E-state index in [2.05, 4.69) is 0 Å². The molecule has 0 bridgehead atoms. The Bertz CT molecular complexity index is 360. The van der Waals surface area contributed by atoms with Crippen molar-refractivity contribution >= 4 is 12.4 Å². The Morgan fingerprint density at radius 3 is 2.38 bits per heavy atom. The van der Waals surface area contributed by atoms with Gasteiger partial charge < -0.3 is 10.8 Å². The molecule has 0 aliphatic rings. The predicted octanol–water partition coefficient (Wildman–Crippen LogP) is 2.47. The SMILES string of the molecule is CC[C@H](O)[C@H](N)c1ccc(C)c(F)c1F.Cl. The van der Waals surface area contributed by atoms with Crippen LogP contribution < -0.4 is 5.73 Å². The molecule has 1 aromatic rings. The van der Waals surface area contributed by atoms with E-state index in [1.54, 1.807) is 6.92 Å². The van der Waals surface area contributed by atoms with Crippen LogP contribution in [0.2, 0.25) is 0 Å². The predicted molar refractivity (Wildman–Crippen MR) is 61.6 cm³/mol. The average Bonchev–Trinajstić information content (AvgIpc) is 2.24. The third-order valence-corrected chi connectivity index (χ3v) is 2.50. The zero-order valence-electron chi connectivity index (χ0n) is 9.21. The quantitative estimate of drug-likeness (QED) is 0.867. The second-order valence-corrected chi connectivity index (χ2v) is 3.60. The molecule has 3 N–H and O–H groups in total. The van der Waals surface area contributed by atoms with Crippen LogP contribution in [0.5, 0.6) is 0 Å². The van der Waals surface area contributed by atoms with Gasteiger partial charge in [0, 0.05) is 5.56 Å². The van der Waals surface area contributed by atoms with E-state index < -0.39 is 23.8 Å². The van der Waals surface area contributed by atoms with Gasteiger partial charge in [-0.3, -0.25) is 0 Å². The maximum atomic E-state index is 13.4. The van der Waals surface area contributed by atoms with Crippen molar-refractivity contribution in [1.82, 2.24) is 0 Å². The van der Waals surface area contributed by atoms with E-state index in [-0.39, 0.29) is 23.5 Å². The number of hydrogen-bond donors (Lipinski definition) is 2. The summed E-state index contributed by atoms with van der Waals surface area (Å²) in [6.07, 6.45) is -0.461. The second kappa shape index (κ2) is 6.13. The van der Waals surface area contributed by atoms with Gasteiger partial charge in [-0.05, 0) is 18.9 Å². The van der Waals surface area contributed by atoms with Gasteiger partial charge in [0.2, 0.25) is 0 Å². The van der Waals surface area contributed by atoms with Gasteiger partial charge in [-0.1, -0.05) is 19.1 Å². The monoisotopic (exact) mass is 251 g/mol. The number of aryl methyl sites for hydroxylation is 1. The third kappa shape index (κ3) is 2.90. The fourth-order valence-electron chi connectivity index (χ4n) is 1.38. The molecule has 0 fully saturated rings. The summed E-state index contributed by atoms with van der Waals surface area (Å²) in [6, 6.07) is 1.98. The average molecular weight is 252 g/mol. The number of nitrogens with two attached hydrogens (primary N) is 1. The van der Waals surface area contributed by atoms with Crippen molar-refractivity contribution in [3.8, 4) is 0 Å². The second-order valence-electron chi connectivity index (χ2n) is 3.60. The van der Waals surface area contributed by atoms with Gasteiger partial charge in [0.1, 0.15) is 0 Å². The zero-order valence-corrected chi connectivity index (χ0v) is 10.0. The summed E-state index contributed by atoms with van der Waals surface area (Å²) >= 11 is 0. The first kappa shape index (κ1) is 15.3. The summed E-state index contributed by atoms with van der Waals surface area (Å²) in [5.74, 6) is -1.86. The van der Waals surface area contributed by atoms with E-state index >= 15 is 0 Å². The maximum Gasteiger partial charge on any atom is 0.163 e. The van der Waals surface area contributed by atoms with Crippen molar-refractivity contribution < 1.29 is 13.9 Å². The molecule has 0 unspecified atom stereocenters. The van der Waals surface area contributed by atoms with E-state index in [9.17, 15) is 13.9 Å². The molecular formula is C11H16ClF2NO. The first-order valence-electron chi connectivity index (χ1n) is 4.87. The number of halogens is 3. The molecule has 1 aromatic carbocycles. The van der Waals surface area contributed by atoms with Gasteiger partial charge in [-0.25, -0.2) is 8.78 Å². The first-order valence-corrected chi connectivity index (χ1v) is 4.87. The Kier molecular flexibility index (Phi) is 5.86. The van der Waals surface area contributed by atoms with E-state index in [1.165, 1.54) is 19.1 Å². The number of benzene rings is 1. The Morgan fingerprint density at radius 1 is 1.31 bits per heavy atom. The first-order chi connectivity index (χ1) is 6.99. The lowest BCUT2D eigenvalue weighted by Gasteiger charge is -2.18. The van der Waals surface area contributed by atoms with Crippen molar-refractivity contribution in [2.45, 2.75) is 32.4 Å². The highest BCUT2D eigenvalue weighted by Crippen LogP contribution is 2.23. The van der Waals surface area contributed by atoms with Gasteiger partial charge in [0.05, 0.1) is 12.1 Å². The summed E-state index contributed by atoms with van der Waals surface area (Å²) in [5, 5.41) is 9.45. The van der Waals surface area contributed by atoms with Crippen molar-refractivity contribution in [2.75, 3.05) is 0 Å². The van der Waals surface area contributed by atoms with Gasteiger partial charge >= 0.3 is 0 Å². The van der Waals surface area contributed by atoms with Gasteiger partial charge in [-0.2, -0.15) is 0 Å². The van der Waals surface area contributed by atoms with Gasteiger partial charge in [0.25, 0.3) is 0 Å². The minimum absolute atomic E-state index is 0. The Balaban J connectivity index is 0.00000225. The summed E-state index contributed by atoms with van der Waals surface area (Å²) in [4.78, 5) is 0. The van der Waals surface area contributed by atoms with Crippen LogP contribution in [-0.2, 0) is 0 Å². The fourth-order valence-corrected chi connectivity index (χ4v) is 1.38. The highest BCUT2D eigenvalue weighted by molar-refractivity contribution is 5.85. The molecule has 0 saturated carbocycles. The highest BCUT2D eigenvalue weighted by Gasteiger charge is 2.21. The van der Waals surface area contributed by atoms with E-state index in [4.69, 9.17) is 5.73 Å². The normalized spacial score (nSPS) is 14.1. The molecule has 0 aliphatic carbocycles. The molecule has 0 aromatic heterocycles. The number of hydrogen-bond acceptors (Lipinski definition) is 2. The van der Waals surface area contributed by atoms with E-state index in [0.717, 1.165) is 0 Å². The van der Waals surface area contributed by atoms with E-state index in [0.29, 0.717) is 6.42 Å². The lowest BCUT2D eigenvalue weighted by molar-refractivity contribution is 0.138. The van der Waals surface area contributed by atoms with Crippen LogP contribution in [0, 0.1) is 18.6 Å². The van der Waals surface area contributed by atoms with Crippen LogP contribution in [0.3, 0.4) is 0 Å². The minimum atomic E-state index is -0.963. The number of rotatable bonds is 3. The molecule has 0 radical (unpaired) electrons. The van der Waals surface area contributed by atoms with Crippen LogP contribution in [-0.4, -0.2) is 11.2 Å². The Hall–Kier alpha value is -0.710. The molecule has 2 nitrogen and oxygen atoms in total. The molecule has 0 amide bonds. The molecule has 1 rings (SSSR count). The fraction of sp³-hybridized carbons (Fsp3) is 0.455. The zero-order chi connectivity index (χ0) is 11.6. The third-order valence-electron chi connectivity index (χ3n) is 2.50. The van der Waals surface area contributed by atoms with Crippen LogP contribution >= 0.6 is 12.4 Å². The molecule has 0 saturated heterocycles. The Morgan fingerprint density at radius 2 is 1.88 bits per heavy atom. The van der Waals surface area contributed by atoms with Crippen molar-refractivity contribution in [2.24, 2.45) is 5.73 Å². The molecular weight excluding hydrogens is 236 g/mol. The van der Waals surface area contributed by atoms with Gasteiger partial charge in [-0.15, -0.1) is 12.4 Å². The van der Waals surface area contributed by atoms with Crippen LogP contribution in [0.4, 0.5) is 8.78 Å². The topological polar surface area (TPSA) is 46.2 Å². The van der Waals surface area contributed by atoms with Crippen LogP contribution in [0.1, 0.15) is 30.5 Å². The lowest BCUT2D eigenvalue weighted by Crippen LogP contribution is -2.26. The summed E-state index contributed by atoms with van der Waals surface area (Å²) in [5.41, 5.74) is 5.86. The number of aliphatic hydroxyl groups is 1. The van der Waals surface area contributed by atoms with Crippen molar-refractivity contribution in [3.63, 3.8) is 0 Å². The molecule has 0 aliphatic heterocycles. The standard InChI is InChI=1S/C11H15F2NO.ClH/c1-3-8(15)11(14)7-5-4-6(2)9(12)10(7)13;/h4-5,8,11,15H,3,14H2,1-2H3;1H/t8-,11+;/m0./s1. The number of aliphatic hydroxyl groups excluding tert-OH is 1. The van der Waals surface area contributed by atoms with Crippen molar-refractivity contribution in [3.05, 3.63) is 34.9 Å². The van der Waals surface area contributed by atoms with Crippen molar-refractivity contribution in [1.29, 1.82) is 0 Å². The lowest BCUT2D eigenvalue weighted by atomic mass is 9.98. The largest absolute Gasteiger partial charge is 0.391 e. The smallest absolute Gasteiger partial charge is 0.163 e. The summed E-state index contributed by atoms with van der Waals surface area (Å²) < 4.78 is 26.7. The molecule has 16 heavy (non-hydrogen) atoms. The van der Waals surface area contributed by atoms with Crippen LogP contribution in [0.25, 0.3) is 0 Å². The van der Waals surface area contributed by atoms with Crippen LogP contribution in [0.15, 0.2) is 12.1 Å². The van der Waals surface area contributed by atoms with E-state index in [1.807, 2.05) is 0 Å². The molecule has 92 valence electrons. The molecule has 0 heterocycles.